The molecule has 0 aliphatic rings. The van der Waals surface area contributed by atoms with Gasteiger partial charge in [0.05, 0.1) is 39.6 Å². The Balaban J connectivity index is 1.37. The molecule has 0 radical (unpaired) electrons. The number of benzene rings is 1. The molecule has 3 aromatic rings. The highest BCUT2D eigenvalue weighted by molar-refractivity contribution is 5.83. The Hall–Kier alpha value is -4.34. The number of Topliss-reactive ketones (excluding diaryl/α,β-unsaturated/α-hetero) is 1. The molecule has 1 aromatic carbocycles. The number of ether oxygens (including phenoxy) is 4. The van der Waals surface area contributed by atoms with Crippen LogP contribution in [-0.4, -0.2) is 90.4 Å². The van der Waals surface area contributed by atoms with E-state index in [4.69, 9.17) is 24.7 Å². The molecule has 234 valence electrons. The Morgan fingerprint density at radius 2 is 1.56 bits per heavy atom. The predicted molar refractivity (Wildman–Crippen MR) is 157 cm³/mol. The van der Waals surface area contributed by atoms with Crippen molar-refractivity contribution in [2.45, 2.75) is 39.3 Å². The highest BCUT2D eigenvalue weighted by Crippen LogP contribution is 2.18. The van der Waals surface area contributed by atoms with Crippen molar-refractivity contribution < 1.29 is 33.3 Å². The van der Waals surface area contributed by atoms with Crippen LogP contribution in [0.4, 0.5) is 5.82 Å². The number of methoxy groups -OCH3 is 1. The average molecular weight is 602 g/mol. The van der Waals surface area contributed by atoms with Gasteiger partial charge in [-0.25, -0.2) is 4.79 Å². The quantitative estimate of drug-likeness (QED) is 0.130. The molecule has 2 heterocycles. The molecule has 2 aromatic heterocycles. The number of nitrogens with zero attached hydrogens (tertiary/aromatic N) is 3. The maximum atomic E-state index is 12.6. The van der Waals surface area contributed by atoms with Crippen LogP contribution < -0.4 is 26.8 Å². The first-order valence-electron chi connectivity index (χ1n) is 13.9. The second-order valence-electron chi connectivity index (χ2n) is 9.57. The Morgan fingerprint density at radius 1 is 0.884 bits per heavy atom. The summed E-state index contributed by atoms with van der Waals surface area (Å²) in [5, 5.41) is 5.50. The number of rotatable bonds is 20. The average Bonchev–Trinajstić information content (AvgIpc) is 3.29. The molecular formula is C28H39N7O8. The number of anilines is 1. The van der Waals surface area contributed by atoms with Gasteiger partial charge in [0.1, 0.15) is 17.9 Å². The molecule has 15 nitrogen and oxygen atoms in total. The van der Waals surface area contributed by atoms with Crippen LogP contribution in [0.5, 0.6) is 6.01 Å². The third-order valence-electron chi connectivity index (χ3n) is 6.12. The fourth-order valence-corrected chi connectivity index (χ4v) is 3.81. The number of aromatic nitrogens is 4. The van der Waals surface area contributed by atoms with Gasteiger partial charge in [0, 0.05) is 39.5 Å². The van der Waals surface area contributed by atoms with Gasteiger partial charge in [0.15, 0.2) is 11.5 Å². The molecule has 5 N–H and O–H groups in total. The van der Waals surface area contributed by atoms with Gasteiger partial charge in [-0.15, -0.1) is 0 Å². The van der Waals surface area contributed by atoms with E-state index >= 15 is 0 Å². The smallest absolute Gasteiger partial charge is 0.328 e. The largest absolute Gasteiger partial charge is 0.461 e. The van der Waals surface area contributed by atoms with Gasteiger partial charge in [0.2, 0.25) is 11.8 Å². The Bertz CT molecular complexity index is 1400. The second-order valence-corrected chi connectivity index (χ2v) is 9.57. The summed E-state index contributed by atoms with van der Waals surface area (Å²) in [6, 6.07) is 7.44. The van der Waals surface area contributed by atoms with Crippen LogP contribution in [0.3, 0.4) is 0 Å². The normalized spacial score (nSPS) is 11.0. The number of fused-ring (bicyclic) bond motifs is 1. The molecule has 0 aliphatic carbocycles. The van der Waals surface area contributed by atoms with Crippen LogP contribution in [0.25, 0.3) is 11.2 Å². The third kappa shape index (κ3) is 11.5. The zero-order valence-electron chi connectivity index (χ0n) is 24.5. The second kappa shape index (κ2) is 17.6. The molecule has 15 heteroatoms. The number of carbonyl (C=O) groups is 3. The van der Waals surface area contributed by atoms with Crippen molar-refractivity contribution >= 4 is 34.6 Å². The summed E-state index contributed by atoms with van der Waals surface area (Å²) in [6.45, 7) is 4.40. The van der Waals surface area contributed by atoms with Crippen LogP contribution >= 0.6 is 0 Å². The number of hydrogen-bond acceptors (Lipinski definition) is 11. The first-order valence-corrected chi connectivity index (χ1v) is 13.9. The van der Waals surface area contributed by atoms with E-state index in [1.54, 1.807) is 7.11 Å². The van der Waals surface area contributed by atoms with Gasteiger partial charge in [-0.05, 0) is 18.1 Å². The molecule has 0 saturated carbocycles. The first kappa shape index (κ1) is 33.2. The van der Waals surface area contributed by atoms with E-state index in [1.165, 1.54) is 11.5 Å². The van der Waals surface area contributed by atoms with Gasteiger partial charge < -0.3 is 40.3 Å². The van der Waals surface area contributed by atoms with Gasteiger partial charge in [0.25, 0.3) is 0 Å². The molecule has 0 saturated heterocycles. The van der Waals surface area contributed by atoms with E-state index in [0.29, 0.717) is 63.7 Å². The minimum absolute atomic E-state index is 0.0487. The van der Waals surface area contributed by atoms with Crippen molar-refractivity contribution in [2.75, 3.05) is 59.0 Å². The number of amides is 2. The molecule has 0 aliphatic heterocycles. The maximum absolute atomic E-state index is 12.6. The highest BCUT2D eigenvalue weighted by Gasteiger charge is 2.15. The molecule has 3 rings (SSSR count). The molecular weight excluding hydrogens is 562 g/mol. The van der Waals surface area contributed by atoms with Crippen molar-refractivity contribution in [3.8, 4) is 6.01 Å². The summed E-state index contributed by atoms with van der Waals surface area (Å²) in [4.78, 5) is 58.7. The Kier molecular flexibility index (Phi) is 13.6. The minimum Gasteiger partial charge on any atom is -0.461 e. The number of hydrogen-bond donors (Lipinski definition) is 4. The van der Waals surface area contributed by atoms with Crippen LogP contribution in [0, 0.1) is 0 Å². The SMILES string of the molecule is COCCOc1nc(N)c2[nH]c(=O)n(Cc3ccc(CNC(=O)CCC(=O)NCCOCCOCCC(C)=O)cc3)c2n1. The topological polar surface area (TPSA) is 202 Å². The van der Waals surface area contributed by atoms with Crippen molar-refractivity contribution in [3.63, 3.8) is 0 Å². The van der Waals surface area contributed by atoms with E-state index in [1.807, 2.05) is 24.3 Å². The summed E-state index contributed by atoms with van der Waals surface area (Å²) in [6.07, 6.45) is 0.499. The van der Waals surface area contributed by atoms with E-state index in [-0.39, 0.29) is 61.1 Å². The number of nitrogens with two attached hydrogens (primary N) is 1. The van der Waals surface area contributed by atoms with Gasteiger partial charge in [-0.2, -0.15) is 9.97 Å². The zero-order valence-corrected chi connectivity index (χ0v) is 24.5. The fourth-order valence-electron chi connectivity index (χ4n) is 3.81. The lowest BCUT2D eigenvalue weighted by atomic mass is 10.1. The molecule has 43 heavy (non-hydrogen) atoms. The molecule has 0 spiro atoms. The zero-order chi connectivity index (χ0) is 31.0. The van der Waals surface area contributed by atoms with Gasteiger partial charge in [-0.3, -0.25) is 19.0 Å². The summed E-state index contributed by atoms with van der Waals surface area (Å²) >= 11 is 0. The number of H-pyrrole nitrogens is 1. The predicted octanol–water partition coefficient (Wildman–Crippen LogP) is 0.300. The number of nitrogen functional groups attached to an aromatic ring is 1. The number of nitrogens with one attached hydrogen (secondary N) is 3. The van der Waals surface area contributed by atoms with Gasteiger partial charge in [-0.1, -0.05) is 24.3 Å². The number of imidazole rings is 1. The lowest BCUT2D eigenvalue weighted by Crippen LogP contribution is -2.30. The summed E-state index contributed by atoms with van der Waals surface area (Å²) in [7, 11) is 1.55. The van der Waals surface area contributed by atoms with Gasteiger partial charge >= 0.3 is 11.7 Å². The molecule has 0 fully saturated rings. The van der Waals surface area contributed by atoms with Crippen LogP contribution in [0.15, 0.2) is 29.1 Å². The van der Waals surface area contributed by atoms with E-state index in [2.05, 4.69) is 25.6 Å². The highest BCUT2D eigenvalue weighted by atomic mass is 16.5. The Morgan fingerprint density at radius 3 is 2.26 bits per heavy atom. The summed E-state index contributed by atoms with van der Waals surface area (Å²) < 4.78 is 22.5. The maximum Gasteiger partial charge on any atom is 0.328 e. The third-order valence-corrected chi connectivity index (χ3v) is 6.12. The molecule has 0 unspecified atom stereocenters. The standard InChI is InChI=1S/C28H39N7O8/c1-19(36)9-11-41-14-15-42-12-10-30-22(37)7-8-23(38)31-17-20-3-5-21(6-4-20)18-35-26-24(32-28(35)39)25(29)33-27(34-26)43-16-13-40-2/h3-6H,7-18H2,1-2H3,(H,30,37)(H,31,38)(H,32,39)(H2,29,33,34). The van der Waals surface area contributed by atoms with E-state index in [0.717, 1.165) is 11.1 Å². The molecule has 0 bridgehead atoms. The van der Waals surface area contributed by atoms with Crippen molar-refractivity contribution in [1.29, 1.82) is 0 Å². The molecule has 0 atom stereocenters. The Labute approximate surface area is 248 Å². The summed E-state index contributed by atoms with van der Waals surface area (Å²) in [5.41, 5.74) is 7.95. The van der Waals surface area contributed by atoms with Crippen molar-refractivity contribution in [3.05, 3.63) is 45.9 Å². The first-order chi connectivity index (χ1) is 20.8. The van der Waals surface area contributed by atoms with E-state index < -0.39 is 0 Å². The van der Waals surface area contributed by atoms with E-state index in [9.17, 15) is 19.2 Å². The number of aromatic amines is 1. The number of ketones is 1. The molecule has 2 amide bonds. The van der Waals surface area contributed by atoms with Crippen molar-refractivity contribution in [1.82, 2.24) is 30.2 Å². The van der Waals surface area contributed by atoms with Crippen molar-refractivity contribution in [2.24, 2.45) is 0 Å². The lowest BCUT2D eigenvalue weighted by Gasteiger charge is -2.09. The fraction of sp³-hybridized carbons (Fsp3) is 0.500. The van der Waals surface area contributed by atoms with Crippen LogP contribution in [0.1, 0.15) is 37.3 Å². The van der Waals surface area contributed by atoms with Crippen LogP contribution in [-0.2, 0) is 41.7 Å². The minimum atomic E-state index is -0.384. The lowest BCUT2D eigenvalue weighted by molar-refractivity contribution is -0.126. The monoisotopic (exact) mass is 601 g/mol. The number of carbonyl (C=O) groups excluding carboxylic acids is 3. The van der Waals surface area contributed by atoms with Crippen LogP contribution in [0.2, 0.25) is 0 Å². The summed E-state index contributed by atoms with van der Waals surface area (Å²) in [5.74, 6) is -0.308.